The molecule has 1 aromatic rings. The summed E-state index contributed by atoms with van der Waals surface area (Å²) in [5.41, 5.74) is 1.13. The first-order valence-corrected chi connectivity index (χ1v) is 12.2. The van der Waals surface area contributed by atoms with E-state index >= 15 is 0 Å². The van der Waals surface area contributed by atoms with Gasteiger partial charge >= 0.3 is 0 Å². The van der Waals surface area contributed by atoms with E-state index in [0.29, 0.717) is 12.5 Å². The van der Waals surface area contributed by atoms with Gasteiger partial charge in [-0.3, -0.25) is 4.90 Å². The molecular weight excluding hydrogens is 388 g/mol. The van der Waals surface area contributed by atoms with Crippen molar-refractivity contribution in [2.45, 2.75) is 59.1 Å². The Hall–Kier alpha value is -1.86. The van der Waals surface area contributed by atoms with Crippen LogP contribution in [-0.4, -0.2) is 74.4 Å². The van der Waals surface area contributed by atoms with Gasteiger partial charge in [-0.05, 0) is 37.3 Å². The number of hydrogen-bond donors (Lipinski definition) is 2. The number of nitrogens with one attached hydrogen (secondary N) is 2. The summed E-state index contributed by atoms with van der Waals surface area (Å²) >= 11 is 0. The second-order valence-corrected chi connectivity index (χ2v) is 9.15. The molecule has 0 bridgehead atoms. The van der Waals surface area contributed by atoms with Gasteiger partial charge in [0, 0.05) is 52.0 Å². The zero-order valence-electron chi connectivity index (χ0n) is 19.8. The van der Waals surface area contributed by atoms with Crippen LogP contribution in [0.2, 0.25) is 0 Å². The molecule has 2 fully saturated rings. The fourth-order valence-electron chi connectivity index (χ4n) is 4.31. The summed E-state index contributed by atoms with van der Waals surface area (Å²) in [5.74, 6) is 2.62. The fourth-order valence-corrected chi connectivity index (χ4v) is 4.31. The zero-order chi connectivity index (χ0) is 21.9. The molecule has 0 saturated carbocycles. The Bertz CT molecular complexity index is 655. The van der Waals surface area contributed by atoms with E-state index in [0.717, 1.165) is 69.8 Å². The minimum absolute atomic E-state index is 0.200. The maximum Gasteiger partial charge on any atom is 0.191 e. The molecule has 2 saturated heterocycles. The summed E-state index contributed by atoms with van der Waals surface area (Å²) < 4.78 is 5.96. The van der Waals surface area contributed by atoms with Crippen LogP contribution in [0, 0.1) is 5.92 Å². The lowest BCUT2D eigenvalue weighted by molar-refractivity contribution is -0.0284. The molecule has 2 N–H and O–H groups in total. The third kappa shape index (κ3) is 8.30. The Morgan fingerprint density at radius 3 is 2.65 bits per heavy atom. The van der Waals surface area contributed by atoms with Gasteiger partial charge in [0.1, 0.15) is 5.82 Å². The number of pyridine rings is 1. The highest BCUT2D eigenvalue weighted by Crippen LogP contribution is 2.17. The number of guanidine groups is 1. The van der Waals surface area contributed by atoms with Crippen molar-refractivity contribution in [3.8, 4) is 0 Å². The largest absolute Gasteiger partial charge is 0.374 e. The molecule has 7 heteroatoms. The zero-order valence-corrected chi connectivity index (χ0v) is 19.8. The van der Waals surface area contributed by atoms with Crippen molar-refractivity contribution in [2.24, 2.45) is 10.9 Å². The first kappa shape index (κ1) is 23.8. The lowest BCUT2D eigenvalue weighted by Crippen LogP contribution is -2.50. The van der Waals surface area contributed by atoms with Crippen LogP contribution in [0.3, 0.4) is 0 Å². The van der Waals surface area contributed by atoms with Gasteiger partial charge in [-0.1, -0.05) is 32.8 Å². The first-order valence-electron chi connectivity index (χ1n) is 12.2. The fraction of sp³-hybridized carbons (Fsp3) is 0.750. The molecule has 1 atom stereocenters. The van der Waals surface area contributed by atoms with Crippen molar-refractivity contribution >= 4 is 11.8 Å². The van der Waals surface area contributed by atoms with Crippen molar-refractivity contribution < 1.29 is 4.74 Å². The number of rotatable bonds is 8. The summed E-state index contributed by atoms with van der Waals surface area (Å²) in [7, 11) is 0. The average Bonchev–Trinajstić information content (AvgIpc) is 3.05. The number of hydrogen-bond acceptors (Lipinski definition) is 5. The number of aromatic nitrogens is 1. The van der Waals surface area contributed by atoms with Gasteiger partial charge in [0.15, 0.2) is 5.96 Å². The van der Waals surface area contributed by atoms with Crippen LogP contribution in [0.4, 0.5) is 5.82 Å². The van der Waals surface area contributed by atoms with E-state index in [9.17, 15) is 0 Å². The lowest BCUT2D eigenvalue weighted by atomic mass is 10.2. The average molecular weight is 431 g/mol. The lowest BCUT2D eigenvalue weighted by Gasteiger charge is -2.34. The normalized spacial score (nSPS) is 21.2. The maximum atomic E-state index is 5.96. The van der Waals surface area contributed by atoms with Gasteiger partial charge in [-0.2, -0.15) is 0 Å². The molecule has 0 radical (unpaired) electrons. The van der Waals surface area contributed by atoms with Gasteiger partial charge in [-0.25, -0.2) is 9.98 Å². The Kier molecular flexibility index (Phi) is 9.87. The van der Waals surface area contributed by atoms with Gasteiger partial charge in [0.05, 0.1) is 19.3 Å². The molecule has 7 nitrogen and oxygen atoms in total. The predicted molar refractivity (Wildman–Crippen MR) is 129 cm³/mol. The van der Waals surface area contributed by atoms with Crippen molar-refractivity contribution in [2.75, 3.05) is 57.3 Å². The van der Waals surface area contributed by atoms with E-state index in [2.05, 4.69) is 53.3 Å². The summed E-state index contributed by atoms with van der Waals surface area (Å²) in [5, 5.41) is 6.81. The third-order valence-electron chi connectivity index (χ3n) is 5.85. The van der Waals surface area contributed by atoms with Crippen molar-refractivity contribution in [3.63, 3.8) is 0 Å². The number of ether oxygens (including phenoxy) is 1. The second kappa shape index (κ2) is 12.9. The Balaban J connectivity index is 1.49. The van der Waals surface area contributed by atoms with Crippen molar-refractivity contribution in [3.05, 3.63) is 23.9 Å². The van der Waals surface area contributed by atoms with Gasteiger partial charge in [0.2, 0.25) is 0 Å². The van der Waals surface area contributed by atoms with E-state index < -0.39 is 0 Å². The van der Waals surface area contributed by atoms with E-state index in [-0.39, 0.29) is 6.10 Å². The molecule has 0 spiro atoms. The van der Waals surface area contributed by atoms with E-state index in [4.69, 9.17) is 14.7 Å². The molecular formula is C24H42N6O. The van der Waals surface area contributed by atoms with Crippen LogP contribution in [-0.2, 0) is 11.3 Å². The highest BCUT2D eigenvalue weighted by atomic mass is 16.5. The smallest absolute Gasteiger partial charge is 0.191 e. The Morgan fingerprint density at radius 1 is 1.16 bits per heavy atom. The summed E-state index contributed by atoms with van der Waals surface area (Å²) in [6, 6.07) is 4.31. The molecule has 174 valence electrons. The highest BCUT2D eigenvalue weighted by molar-refractivity contribution is 5.79. The Labute approximate surface area is 188 Å². The van der Waals surface area contributed by atoms with Crippen LogP contribution in [0.5, 0.6) is 0 Å². The van der Waals surface area contributed by atoms with E-state index in [1.54, 1.807) is 0 Å². The number of morpholine rings is 1. The monoisotopic (exact) mass is 430 g/mol. The van der Waals surface area contributed by atoms with E-state index in [1.807, 2.05) is 6.20 Å². The van der Waals surface area contributed by atoms with Crippen LogP contribution in [0.15, 0.2) is 23.3 Å². The second-order valence-electron chi connectivity index (χ2n) is 9.15. The quantitative estimate of drug-likeness (QED) is 0.488. The van der Waals surface area contributed by atoms with Gasteiger partial charge in [-0.15, -0.1) is 0 Å². The molecule has 1 aromatic heterocycles. The Morgan fingerprint density at radius 2 is 1.97 bits per heavy atom. The standard InChI is InChI=1S/C24H42N6O/c1-4-25-24(28-17-22-19-29(13-14-31-22)18-20(2)3)27-16-21-9-10-23(26-15-21)30-11-7-5-6-8-12-30/h9-10,15,20,22H,4-8,11-14,16-19H2,1-3H3,(H2,25,27,28). The van der Waals surface area contributed by atoms with Gasteiger partial charge in [0.25, 0.3) is 0 Å². The van der Waals surface area contributed by atoms with Crippen LogP contribution >= 0.6 is 0 Å². The SMILES string of the molecule is CCNC(=NCc1ccc(N2CCCCCC2)nc1)NCC1CN(CC(C)C)CCO1. The summed E-state index contributed by atoms with van der Waals surface area (Å²) in [6.07, 6.45) is 7.39. The van der Waals surface area contributed by atoms with Crippen molar-refractivity contribution in [1.82, 2.24) is 20.5 Å². The van der Waals surface area contributed by atoms with Crippen LogP contribution in [0.25, 0.3) is 0 Å². The molecule has 31 heavy (non-hydrogen) atoms. The molecule has 3 heterocycles. The molecule has 0 amide bonds. The topological polar surface area (TPSA) is 65.0 Å². The van der Waals surface area contributed by atoms with E-state index in [1.165, 1.54) is 25.7 Å². The minimum atomic E-state index is 0.200. The molecule has 3 rings (SSSR count). The molecule has 2 aliphatic rings. The predicted octanol–water partition coefficient (Wildman–Crippen LogP) is 2.87. The molecule has 0 aromatic carbocycles. The minimum Gasteiger partial charge on any atom is -0.374 e. The third-order valence-corrected chi connectivity index (χ3v) is 5.85. The molecule has 0 aliphatic carbocycles. The summed E-state index contributed by atoms with van der Waals surface area (Å²) in [6.45, 7) is 15.1. The molecule has 2 aliphatic heterocycles. The number of aliphatic imine (C=N–C) groups is 1. The van der Waals surface area contributed by atoms with Crippen LogP contribution < -0.4 is 15.5 Å². The van der Waals surface area contributed by atoms with Gasteiger partial charge < -0.3 is 20.3 Å². The number of nitrogens with zero attached hydrogens (tertiary/aromatic N) is 4. The summed E-state index contributed by atoms with van der Waals surface area (Å²) in [4.78, 5) is 14.4. The first-order chi connectivity index (χ1) is 15.1. The highest BCUT2D eigenvalue weighted by Gasteiger charge is 2.21. The maximum absolute atomic E-state index is 5.96. The van der Waals surface area contributed by atoms with Crippen molar-refractivity contribution in [1.29, 1.82) is 0 Å². The van der Waals surface area contributed by atoms with Crippen LogP contribution in [0.1, 0.15) is 52.0 Å². The number of anilines is 1. The molecule has 1 unspecified atom stereocenters.